The standard InChI is InChI=1S/C29H48O4S/c1-6-29(33,7-2)12-8-14-34-18(3)26-24(31)17-23-21-10-9-19-15-20(30)16-25(32)28(19,5)22(21)11-13-27(23,26)4/h9-10,18,20,22-26,30-33H,6-8,11-17H2,1-5H3/t18-,20-,22+,23+,24+,25+,26+,27+,28+/m1/s1. The molecule has 0 radical (unpaired) electrons. The van der Waals surface area contributed by atoms with Crippen molar-refractivity contribution in [3.05, 3.63) is 23.3 Å². The fourth-order valence-electron chi connectivity index (χ4n) is 8.33. The highest BCUT2D eigenvalue weighted by molar-refractivity contribution is 7.99. The van der Waals surface area contributed by atoms with Gasteiger partial charge >= 0.3 is 0 Å². The monoisotopic (exact) mass is 492 g/mol. The lowest BCUT2D eigenvalue weighted by atomic mass is 9.49. The van der Waals surface area contributed by atoms with Crippen LogP contribution in [0.2, 0.25) is 0 Å². The number of hydrogen-bond donors (Lipinski definition) is 4. The first kappa shape index (κ1) is 26.7. The SMILES string of the molecule is CCC(O)(CC)CCCS[C@H](C)[C@H]1[C@@H](O)C[C@H]2C3=CC=C4C[C@@H](O)C[C@H](O)[C@]4(C)[C@H]3CC[C@]12C. The van der Waals surface area contributed by atoms with Gasteiger partial charge in [0, 0.05) is 23.0 Å². The molecule has 0 amide bonds. The van der Waals surface area contributed by atoms with Gasteiger partial charge in [0.05, 0.1) is 23.9 Å². The minimum atomic E-state index is -0.526. The van der Waals surface area contributed by atoms with Crippen LogP contribution in [0.5, 0.6) is 0 Å². The highest BCUT2D eigenvalue weighted by Crippen LogP contribution is 2.66. The van der Waals surface area contributed by atoms with Gasteiger partial charge in [-0.25, -0.2) is 0 Å². The molecule has 3 fully saturated rings. The van der Waals surface area contributed by atoms with Crippen LogP contribution in [-0.4, -0.2) is 55.3 Å². The van der Waals surface area contributed by atoms with Crippen molar-refractivity contribution in [2.24, 2.45) is 28.6 Å². The van der Waals surface area contributed by atoms with Crippen molar-refractivity contribution in [1.29, 1.82) is 0 Å². The van der Waals surface area contributed by atoms with Crippen LogP contribution in [0.15, 0.2) is 23.3 Å². The topological polar surface area (TPSA) is 80.9 Å². The van der Waals surface area contributed by atoms with Gasteiger partial charge < -0.3 is 20.4 Å². The third-order valence-electron chi connectivity index (χ3n) is 10.8. The molecule has 9 atom stereocenters. The van der Waals surface area contributed by atoms with Gasteiger partial charge in [-0.3, -0.25) is 0 Å². The van der Waals surface area contributed by atoms with E-state index in [1.54, 1.807) is 0 Å². The van der Waals surface area contributed by atoms with Gasteiger partial charge in [0.1, 0.15) is 0 Å². The van der Waals surface area contributed by atoms with Crippen LogP contribution in [0.25, 0.3) is 0 Å². The molecule has 5 heteroatoms. The Kier molecular flexibility index (Phi) is 7.74. The van der Waals surface area contributed by atoms with Gasteiger partial charge in [-0.05, 0) is 74.4 Å². The Morgan fingerprint density at radius 1 is 1.09 bits per heavy atom. The number of rotatable bonds is 8. The van der Waals surface area contributed by atoms with Crippen molar-refractivity contribution in [1.82, 2.24) is 0 Å². The molecule has 0 saturated heterocycles. The molecule has 4 rings (SSSR count). The second kappa shape index (κ2) is 9.85. The van der Waals surface area contributed by atoms with Crippen molar-refractivity contribution < 1.29 is 20.4 Å². The van der Waals surface area contributed by atoms with E-state index < -0.39 is 17.8 Å². The molecule has 4 nitrogen and oxygen atoms in total. The smallest absolute Gasteiger partial charge is 0.0661 e. The summed E-state index contributed by atoms with van der Waals surface area (Å²) in [7, 11) is 0. The number of aliphatic hydroxyl groups is 4. The van der Waals surface area contributed by atoms with E-state index in [9.17, 15) is 20.4 Å². The maximum atomic E-state index is 11.3. The maximum Gasteiger partial charge on any atom is 0.0661 e. The number of thioether (sulfide) groups is 1. The summed E-state index contributed by atoms with van der Waals surface area (Å²) in [5, 5.41) is 43.6. The van der Waals surface area contributed by atoms with Crippen LogP contribution in [0, 0.1) is 28.6 Å². The van der Waals surface area contributed by atoms with Gasteiger partial charge in [-0.15, -0.1) is 0 Å². The van der Waals surface area contributed by atoms with Gasteiger partial charge in [0.25, 0.3) is 0 Å². The van der Waals surface area contributed by atoms with E-state index >= 15 is 0 Å². The Labute approximate surface area is 211 Å². The fraction of sp³-hybridized carbons (Fsp3) is 0.862. The molecule has 0 aliphatic heterocycles. The van der Waals surface area contributed by atoms with Crippen LogP contribution in [-0.2, 0) is 0 Å². The van der Waals surface area contributed by atoms with E-state index in [-0.39, 0.29) is 22.9 Å². The summed E-state index contributed by atoms with van der Waals surface area (Å²) < 4.78 is 0. The summed E-state index contributed by atoms with van der Waals surface area (Å²) in [6.45, 7) is 11.1. The van der Waals surface area contributed by atoms with Crippen LogP contribution in [0.4, 0.5) is 0 Å². The number of aliphatic hydroxyl groups excluding tert-OH is 3. The number of hydrogen-bond acceptors (Lipinski definition) is 5. The molecule has 4 N–H and O–H groups in total. The largest absolute Gasteiger partial charge is 0.393 e. The zero-order chi connectivity index (χ0) is 24.9. The van der Waals surface area contributed by atoms with Crippen molar-refractivity contribution in [2.45, 2.75) is 122 Å². The molecule has 0 bridgehead atoms. The normalized spacial score (nSPS) is 42.9. The van der Waals surface area contributed by atoms with Gasteiger partial charge in [0.15, 0.2) is 0 Å². The van der Waals surface area contributed by atoms with Gasteiger partial charge in [0.2, 0.25) is 0 Å². The predicted molar refractivity (Wildman–Crippen MR) is 141 cm³/mol. The van der Waals surface area contributed by atoms with Crippen molar-refractivity contribution in [3.63, 3.8) is 0 Å². The van der Waals surface area contributed by atoms with Crippen molar-refractivity contribution in [3.8, 4) is 0 Å². The van der Waals surface area contributed by atoms with Crippen LogP contribution >= 0.6 is 11.8 Å². The zero-order valence-electron chi connectivity index (χ0n) is 22.0. The Morgan fingerprint density at radius 3 is 2.47 bits per heavy atom. The molecule has 0 heterocycles. The molecule has 34 heavy (non-hydrogen) atoms. The molecule has 4 aliphatic carbocycles. The Balaban J connectivity index is 1.48. The van der Waals surface area contributed by atoms with E-state index in [4.69, 9.17) is 0 Å². The van der Waals surface area contributed by atoms with E-state index in [2.05, 4.69) is 46.8 Å². The zero-order valence-corrected chi connectivity index (χ0v) is 22.8. The third kappa shape index (κ3) is 4.36. The summed E-state index contributed by atoms with van der Waals surface area (Å²) in [5.41, 5.74) is 1.90. The quantitative estimate of drug-likeness (QED) is 0.348. The molecular weight excluding hydrogens is 444 g/mol. The lowest BCUT2D eigenvalue weighted by Gasteiger charge is -2.56. The van der Waals surface area contributed by atoms with E-state index in [1.165, 1.54) is 11.1 Å². The van der Waals surface area contributed by atoms with Gasteiger partial charge in [-0.2, -0.15) is 11.8 Å². The van der Waals surface area contributed by atoms with Crippen molar-refractivity contribution >= 4 is 11.8 Å². The van der Waals surface area contributed by atoms with Gasteiger partial charge in [-0.1, -0.05) is 57.9 Å². The Bertz CT molecular complexity index is 804. The molecule has 0 aromatic carbocycles. The molecule has 0 aromatic heterocycles. The molecule has 194 valence electrons. The van der Waals surface area contributed by atoms with E-state index in [0.717, 1.165) is 50.7 Å². The number of fused-ring (bicyclic) bond motifs is 5. The third-order valence-corrected chi connectivity index (χ3v) is 12.1. The highest BCUT2D eigenvalue weighted by Gasteiger charge is 2.61. The second-order valence-electron chi connectivity index (χ2n) is 12.3. The Hall–Kier alpha value is -0.330. The summed E-state index contributed by atoms with van der Waals surface area (Å²) in [5.74, 6) is 1.95. The first-order chi connectivity index (χ1) is 16.0. The first-order valence-corrected chi connectivity index (χ1v) is 14.8. The molecule has 0 unspecified atom stereocenters. The molecule has 4 aliphatic rings. The fourth-order valence-corrected chi connectivity index (χ4v) is 9.71. The van der Waals surface area contributed by atoms with E-state index in [1.807, 2.05) is 11.8 Å². The highest BCUT2D eigenvalue weighted by atomic mass is 32.2. The van der Waals surface area contributed by atoms with Crippen LogP contribution in [0.1, 0.15) is 92.4 Å². The lowest BCUT2D eigenvalue weighted by molar-refractivity contribution is -0.0534. The second-order valence-corrected chi connectivity index (χ2v) is 13.8. The van der Waals surface area contributed by atoms with Crippen molar-refractivity contribution in [2.75, 3.05) is 5.75 Å². The number of allylic oxidation sites excluding steroid dienone is 3. The Morgan fingerprint density at radius 2 is 1.79 bits per heavy atom. The minimum Gasteiger partial charge on any atom is -0.393 e. The summed E-state index contributed by atoms with van der Waals surface area (Å²) in [6.07, 6.45) is 10.8. The molecule has 3 saturated carbocycles. The molecule has 0 aromatic rings. The minimum absolute atomic E-state index is 0.0720. The summed E-state index contributed by atoms with van der Waals surface area (Å²) >= 11 is 1.97. The average molecular weight is 493 g/mol. The van der Waals surface area contributed by atoms with E-state index in [0.29, 0.717) is 29.9 Å². The lowest BCUT2D eigenvalue weighted by Crippen LogP contribution is -2.52. The van der Waals surface area contributed by atoms with Crippen LogP contribution < -0.4 is 0 Å². The summed E-state index contributed by atoms with van der Waals surface area (Å²) in [4.78, 5) is 0. The van der Waals surface area contributed by atoms with Crippen LogP contribution in [0.3, 0.4) is 0 Å². The molecular formula is C29H48O4S. The summed E-state index contributed by atoms with van der Waals surface area (Å²) in [6, 6.07) is 0. The first-order valence-electron chi connectivity index (χ1n) is 13.8. The molecule has 0 spiro atoms. The maximum absolute atomic E-state index is 11.3. The predicted octanol–water partition coefficient (Wildman–Crippen LogP) is 5.24. The average Bonchev–Trinajstić information content (AvgIpc) is 3.07.